The second-order valence-corrected chi connectivity index (χ2v) is 6.83. The van der Waals surface area contributed by atoms with Crippen molar-refractivity contribution in [1.29, 1.82) is 0 Å². The molecule has 0 bridgehead atoms. The highest BCUT2D eigenvalue weighted by molar-refractivity contribution is 5.75. The molecule has 0 heterocycles. The number of rotatable bonds is 13. The Morgan fingerprint density at radius 2 is 1.78 bits per heavy atom. The fraction of sp³-hybridized carbons (Fsp3) is 0.682. The molecule has 5 nitrogen and oxygen atoms in total. The van der Waals surface area contributed by atoms with Crippen molar-refractivity contribution in [3.8, 4) is 11.5 Å². The Labute approximate surface area is 164 Å². The third-order valence-corrected chi connectivity index (χ3v) is 4.19. The maximum atomic E-state index is 10.8. The lowest BCUT2D eigenvalue weighted by Crippen LogP contribution is -2.10. The van der Waals surface area contributed by atoms with Crippen molar-refractivity contribution in [1.82, 2.24) is 0 Å². The minimum absolute atomic E-state index is 0.0883. The van der Waals surface area contributed by atoms with Gasteiger partial charge >= 0.3 is 0 Å². The molecular weight excluding hydrogens is 344 g/mol. The summed E-state index contributed by atoms with van der Waals surface area (Å²) in [4.78, 5) is 10.8. The number of benzene rings is 1. The van der Waals surface area contributed by atoms with Gasteiger partial charge in [-0.1, -0.05) is 51.5 Å². The van der Waals surface area contributed by atoms with Crippen LogP contribution in [0.1, 0.15) is 77.7 Å². The molecule has 3 N–H and O–H groups in total. The van der Waals surface area contributed by atoms with Crippen molar-refractivity contribution in [3.63, 3.8) is 0 Å². The van der Waals surface area contributed by atoms with Crippen molar-refractivity contribution in [2.45, 2.75) is 84.7 Å². The smallest absolute Gasteiger partial charge is 0.161 e. The summed E-state index contributed by atoms with van der Waals surface area (Å²) < 4.78 is 5.25. The molecule has 1 unspecified atom stereocenters. The first-order chi connectivity index (χ1) is 12.9. The molecule has 0 aliphatic carbocycles. The third kappa shape index (κ3) is 14.2. The van der Waals surface area contributed by atoms with Gasteiger partial charge in [0.05, 0.1) is 19.3 Å². The molecule has 0 saturated carbocycles. The minimum atomic E-state index is -0.490. The number of unbranched alkanes of at least 4 members (excludes halogenated alkanes) is 5. The number of ether oxygens (including phenoxy) is 1. The second kappa shape index (κ2) is 16.6. The summed E-state index contributed by atoms with van der Waals surface area (Å²) in [5, 5.41) is 27.0. The summed E-state index contributed by atoms with van der Waals surface area (Å²) in [6, 6.07) is 5.18. The molecule has 0 fully saturated rings. The van der Waals surface area contributed by atoms with Gasteiger partial charge < -0.3 is 24.9 Å². The second-order valence-electron chi connectivity index (χ2n) is 6.83. The maximum Gasteiger partial charge on any atom is 0.161 e. The molecule has 1 aromatic carbocycles. The molecule has 0 aromatic heterocycles. The summed E-state index contributed by atoms with van der Waals surface area (Å²) in [6.07, 6.45) is 8.90. The summed E-state index contributed by atoms with van der Waals surface area (Å²) in [5.74, 6) is 0.794. The van der Waals surface area contributed by atoms with Crippen molar-refractivity contribution < 1.29 is 24.9 Å². The average molecular weight is 383 g/mol. The highest BCUT2D eigenvalue weighted by atomic mass is 16.5. The number of hydrogen-bond acceptors (Lipinski definition) is 5. The Kier molecular flexibility index (Phi) is 15.6. The molecule has 156 valence electrons. The zero-order valence-corrected chi connectivity index (χ0v) is 17.2. The Morgan fingerprint density at radius 1 is 1.11 bits per heavy atom. The Morgan fingerprint density at radius 3 is 2.37 bits per heavy atom. The van der Waals surface area contributed by atoms with Crippen molar-refractivity contribution in [2.24, 2.45) is 0 Å². The number of aliphatic hydroxyl groups is 2. The lowest BCUT2D eigenvalue weighted by molar-refractivity contribution is -0.116. The number of phenolic OH excluding ortho intramolecular Hbond substituents is 1. The van der Waals surface area contributed by atoms with E-state index < -0.39 is 6.10 Å². The molecule has 0 aliphatic heterocycles. The van der Waals surface area contributed by atoms with Crippen molar-refractivity contribution in [3.05, 3.63) is 23.8 Å². The minimum Gasteiger partial charge on any atom is -0.504 e. The number of Topliss-reactive ketones (excluding diaryl/α,β-unsaturated/α-hetero) is 1. The van der Waals surface area contributed by atoms with Crippen LogP contribution >= 0.6 is 0 Å². The molecule has 1 aromatic rings. The van der Waals surface area contributed by atoms with E-state index in [4.69, 9.17) is 14.9 Å². The molecule has 5 heteroatoms. The van der Waals surface area contributed by atoms with E-state index in [0.29, 0.717) is 25.2 Å². The molecule has 27 heavy (non-hydrogen) atoms. The van der Waals surface area contributed by atoms with E-state index >= 15 is 0 Å². The number of aryl methyl sites for hydroxylation is 1. The van der Waals surface area contributed by atoms with Crippen LogP contribution in [-0.4, -0.2) is 40.4 Å². The predicted molar refractivity (Wildman–Crippen MR) is 109 cm³/mol. The number of hydrogen-bond donors (Lipinski definition) is 3. The summed E-state index contributed by atoms with van der Waals surface area (Å²) in [7, 11) is 0. The van der Waals surface area contributed by atoms with Crippen LogP contribution in [0, 0.1) is 0 Å². The zero-order chi connectivity index (χ0) is 20.5. The number of ketones is 1. The molecule has 0 spiro atoms. The molecule has 0 saturated heterocycles. The van der Waals surface area contributed by atoms with Gasteiger partial charge in [-0.25, -0.2) is 0 Å². The SMILES string of the molecule is CCCCCCCCC(O)CO.CCOc1cc(CCC(C)=O)ccc1O. The quantitative estimate of drug-likeness (QED) is 0.440. The van der Waals surface area contributed by atoms with E-state index in [1.54, 1.807) is 25.1 Å². The highest BCUT2D eigenvalue weighted by Gasteiger charge is 2.04. The van der Waals surface area contributed by atoms with Crippen LogP contribution in [0.15, 0.2) is 18.2 Å². The first-order valence-electron chi connectivity index (χ1n) is 10.2. The number of aliphatic hydroxyl groups excluding tert-OH is 2. The highest BCUT2D eigenvalue weighted by Crippen LogP contribution is 2.27. The number of aromatic hydroxyl groups is 1. The van der Waals surface area contributed by atoms with Crippen molar-refractivity contribution >= 4 is 5.78 Å². The van der Waals surface area contributed by atoms with Gasteiger partial charge in [0, 0.05) is 6.42 Å². The lowest BCUT2D eigenvalue weighted by atomic mass is 10.1. The first-order valence-corrected chi connectivity index (χ1v) is 10.2. The fourth-order valence-corrected chi connectivity index (χ4v) is 2.56. The van der Waals surface area contributed by atoms with Crippen LogP contribution in [0.25, 0.3) is 0 Å². The van der Waals surface area contributed by atoms with Gasteiger partial charge in [-0.15, -0.1) is 0 Å². The average Bonchev–Trinajstić information content (AvgIpc) is 2.65. The van der Waals surface area contributed by atoms with Gasteiger partial charge in [-0.3, -0.25) is 0 Å². The van der Waals surface area contributed by atoms with Crippen LogP contribution in [0.4, 0.5) is 0 Å². The standard InChI is InChI=1S/C12H16O3.C10H22O2/c1-3-15-12-8-10(5-4-9(2)13)6-7-11(12)14;1-2-3-4-5-6-7-8-10(12)9-11/h6-8,14H,3-5H2,1-2H3;10-12H,2-9H2,1H3. The van der Waals surface area contributed by atoms with Crippen LogP contribution in [-0.2, 0) is 11.2 Å². The number of phenols is 1. The van der Waals surface area contributed by atoms with Crippen LogP contribution in [0.5, 0.6) is 11.5 Å². The van der Waals surface area contributed by atoms with Crippen LogP contribution < -0.4 is 4.74 Å². The van der Waals surface area contributed by atoms with Gasteiger partial charge in [-0.2, -0.15) is 0 Å². The van der Waals surface area contributed by atoms with Gasteiger partial charge in [-0.05, 0) is 44.4 Å². The van der Waals surface area contributed by atoms with Crippen LogP contribution in [0.2, 0.25) is 0 Å². The maximum absolute atomic E-state index is 10.8. The lowest BCUT2D eigenvalue weighted by Gasteiger charge is -2.07. The summed E-state index contributed by atoms with van der Waals surface area (Å²) >= 11 is 0. The molecular formula is C22H38O5. The summed E-state index contributed by atoms with van der Waals surface area (Å²) in [5.41, 5.74) is 1.01. The molecule has 1 rings (SSSR count). The van der Waals surface area contributed by atoms with Gasteiger partial charge in [0.1, 0.15) is 5.78 Å². The Hall–Kier alpha value is -1.59. The zero-order valence-electron chi connectivity index (χ0n) is 17.2. The Bertz CT molecular complexity index is 501. The predicted octanol–water partition coefficient (Wildman–Crippen LogP) is 4.40. The first kappa shape index (κ1) is 25.4. The molecule has 0 aliphatic rings. The summed E-state index contributed by atoms with van der Waals surface area (Å²) in [6.45, 7) is 6.07. The molecule has 0 amide bonds. The number of carbonyl (C=O) groups excluding carboxylic acids is 1. The largest absolute Gasteiger partial charge is 0.504 e. The molecule has 1 atom stereocenters. The van der Waals surface area contributed by atoms with Crippen LogP contribution in [0.3, 0.4) is 0 Å². The van der Waals surface area contributed by atoms with Gasteiger partial charge in [0.2, 0.25) is 0 Å². The number of carbonyl (C=O) groups is 1. The third-order valence-electron chi connectivity index (χ3n) is 4.19. The van der Waals surface area contributed by atoms with E-state index in [9.17, 15) is 9.90 Å². The van der Waals surface area contributed by atoms with E-state index in [1.807, 2.05) is 6.92 Å². The topological polar surface area (TPSA) is 87.0 Å². The van der Waals surface area contributed by atoms with Gasteiger partial charge in [0.25, 0.3) is 0 Å². The van der Waals surface area contributed by atoms with E-state index in [0.717, 1.165) is 18.4 Å². The fourth-order valence-electron chi connectivity index (χ4n) is 2.56. The monoisotopic (exact) mass is 382 g/mol. The van der Waals surface area contributed by atoms with E-state index in [1.165, 1.54) is 32.1 Å². The Balaban J connectivity index is 0.000000516. The molecule has 0 radical (unpaired) electrons. The van der Waals surface area contributed by atoms with E-state index in [2.05, 4.69) is 6.92 Å². The van der Waals surface area contributed by atoms with E-state index in [-0.39, 0.29) is 18.1 Å². The van der Waals surface area contributed by atoms with Crippen molar-refractivity contribution in [2.75, 3.05) is 13.2 Å². The van der Waals surface area contributed by atoms with Gasteiger partial charge in [0.15, 0.2) is 11.5 Å². The normalized spacial score (nSPS) is 11.4.